The van der Waals surface area contributed by atoms with Gasteiger partial charge >= 0.3 is 0 Å². The van der Waals surface area contributed by atoms with Gasteiger partial charge in [0, 0.05) is 12.2 Å². The van der Waals surface area contributed by atoms with E-state index in [9.17, 15) is 0 Å². The molecule has 0 unspecified atom stereocenters. The largest absolute Gasteiger partial charge is 0.370 e. The molecule has 0 saturated carbocycles. The molecular formula is C14H20N2. The predicted molar refractivity (Wildman–Crippen MR) is 68.6 cm³/mol. The molecule has 0 bridgehead atoms. The molecule has 1 aliphatic carbocycles. The fourth-order valence-electron chi connectivity index (χ4n) is 2.12. The van der Waals surface area contributed by atoms with Crippen LogP contribution in [0.1, 0.15) is 37.8 Å². The fraction of sp³-hybridized carbons (Fsp3) is 0.500. The third-order valence-electron chi connectivity index (χ3n) is 3.03. The van der Waals surface area contributed by atoms with E-state index in [4.69, 9.17) is 0 Å². The average molecular weight is 216 g/mol. The van der Waals surface area contributed by atoms with Crippen molar-refractivity contribution in [1.82, 2.24) is 4.98 Å². The first-order valence-corrected chi connectivity index (χ1v) is 6.20. The van der Waals surface area contributed by atoms with Crippen molar-refractivity contribution in [3.05, 3.63) is 35.5 Å². The van der Waals surface area contributed by atoms with Gasteiger partial charge in [-0.15, -0.1) is 0 Å². The molecule has 1 aromatic rings. The highest BCUT2D eigenvalue weighted by molar-refractivity contribution is 5.35. The van der Waals surface area contributed by atoms with Gasteiger partial charge in [-0.3, -0.25) is 0 Å². The van der Waals surface area contributed by atoms with Crippen molar-refractivity contribution < 1.29 is 0 Å². The Morgan fingerprint density at radius 1 is 1.31 bits per heavy atom. The van der Waals surface area contributed by atoms with Crippen LogP contribution in [0.15, 0.2) is 29.8 Å². The molecule has 1 N–H and O–H groups in total. The highest BCUT2D eigenvalue weighted by atomic mass is 15.0. The van der Waals surface area contributed by atoms with E-state index in [1.807, 2.05) is 25.1 Å². The molecule has 0 aromatic carbocycles. The zero-order valence-corrected chi connectivity index (χ0v) is 10.00. The summed E-state index contributed by atoms with van der Waals surface area (Å²) in [5, 5.41) is 3.38. The van der Waals surface area contributed by atoms with E-state index in [0.29, 0.717) is 0 Å². The molecular weight excluding hydrogens is 196 g/mol. The second-order valence-electron chi connectivity index (χ2n) is 4.45. The number of aryl methyl sites for hydroxylation is 1. The molecule has 0 saturated heterocycles. The lowest BCUT2D eigenvalue weighted by Crippen LogP contribution is -2.05. The Kier molecular flexibility index (Phi) is 3.97. The molecule has 1 heterocycles. The third-order valence-corrected chi connectivity index (χ3v) is 3.03. The number of pyridine rings is 1. The Morgan fingerprint density at radius 3 is 3.00 bits per heavy atom. The van der Waals surface area contributed by atoms with Gasteiger partial charge in [-0.05, 0) is 51.2 Å². The van der Waals surface area contributed by atoms with Crippen LogP contribution in [0.3, 0.4) is 0 Å². The lowest BCUT2D eigenvalue weighted by Gasteiger charge is -2.13. The molecule has 0 atom stereocenters. The maximum atomic E-state index is 4.43. The fourth-order valence-corrected chi connectivity index (χ4v) is 2.12. The minimum Gasteiger partial charge on any atom is -0.370 e. The summed E-state index contributed by atoms with van der Waals surface area (Å²) in [5.41, 5.74) is 2.69. The van der Waals surface area contributed by atoms with Crippen LogP contribution in [0.25, 0.3) is 0 Å². The van der Waals surface area contributed by atoms with Crippen LogP contribution in [0.5, 0.6) is 0 Å². The van der Waals surface area contributed by atoms with E-state index < -0.39 is 0 Å². The van der Waals surface area contributed by atoms with Crippen molar-refractivity contribution in [3.63, 3.8) is 0 Å². The van der Waals surface area contributed by atoms with Crippen molar-refractivity contribution in [3.8, 4) is 0 Å². The maximum absolute atomic E-state index is 4.43. The molecule has 2 rings (SSSR count). The zero-order valence-electron chi connectivity index (χ0n) is 10.00. The molecule has 2 nitrogen and oxygen atoms in total. The second kappa shape index (κ2) is 5.69. The van der Waals surface area contributed by atoms with Crippen LogP contribution in [0.2, 0.25) is 0 Å². The summed E-state index contributed by atoms with van der Waals surface area (Å²) in [7, 11) is 0. The van der Waals surface area contributed by atoms with Gasteiger partial charge in [0.15, 0.2) is 0 Å². The summed E-state index contributed by atoms with van der Waals surface area (Å²) in [4.78, 5) is 4.43. The maximum Gasteiger partial charge on any atom is 0.126 e. The number of nitrogens with zero attached hydrogens (tertiary/aromatic N) is 1. The summed E-state index contributed by atoms with van der Waals surface area (Å²) in [6, 6.07) is 6.10. The molecule has 0 fully saturated rings. The molecule has 0 spiro atoms. The van der Waals surface area contributed by atoms with Crippen LogP contribution >= 0.6 is 0 Å². The second-order valence-corrected chi connectivity index (χ2v) is 4.45. The normalized spacial score (nSPS) is 15.7. The SMILES string of the molecule is Cc1cccc(NCCC2=CCCCC2)n1. The number of aromatic nitrogens is 1. The summed E-state index contributed by atoms with van der Waals surface area (Å²) >= 11 is 0. The standard InChI is InChI=1S/C14H20N2/c1-12-6-5-9-14(16-12)15-11-10-13-7-3-2-4-8-13/h5-7,9H,2-4,8,10-11H2,1H3,(H,15,16). The Balaban J connectivity index is 1.77. The first kappa shape index (κ1) is 11.2. The molecule has 0 aliphatic heterocycles. The number of hydrogen-bond acceptors (Lipinski definition) is 2. The Labute approximate surface area is 97.8 Å². The molecule has 0 radical (unpaired) electrons. The van der Waals surface area contributed by atoms with Crippen molar-refractivity contribution in [2.45, 2.75) is 39.0 Å². The highest BCUT2D eigenvalue weighted by Gasteiger charge is 2.03. The first-order valence-electron chi connectivity index (χ1n) is 6.20. The van der Waals surface area contributed by atoms with Gasteiger partial charge in [0.25, 0.3) is 0 Å². The molecule has 2 heteroatoms. The Bertz CT molecular complexity index is 369. The highest BCUT2D eigenvalue weighted by Crippen LogP contribution is 2.19. The van der Waals surface area contributed by atoms with Crippen LogP contribution in [0, 0.1) is 6.92 Å². The van der Waals surface area contributed by atoms with Gasteiger partial charge in [-0.25, -0.2) is 4.98 Å². The van der Waals surface area contributed by atoms with E-state index in [1.54, 1.807) is 5.57 Å². The number of nitrogens with one attached hydrogen (secondary N) is 1. The van der Waals surface area contributed by atoms with Gasteiger partial charge in [-0.2, -0.15) is 0 Å². The molecule has 1 aromatic heterocycles. The molecule has 1 aliphatic rings. The summed E-state index contributed by atoms with van der Waals surface area (Å²) in [6.07, 6.45) is 8.89. The first-order chi connectivity index (χ1) is 7.84. The van der Waals surface area contributed by atoms with E-state index in [1.165, 1.54) is 25.7 Å². The minimum absolute atomic E-state index is 0.997. The van der Waals surface area contributed by atoms with Crippen molar-refractivity contribution in [2.75, 3.05) is 11.9 Å². The van der Waals surface area contributed by atoms with Crippen molar-refractivity contribution >= 4 is 5.82 Å². The smallest absolute Gasteiger partial charge is 0.126 e. The summed E-state index contributed by atoms with van der Waals surface area (Å²) < 4.78 is 0. The van der Waals surface area contributed by atoms with Gasteiger partial charge in [0.1, 0.15) is 5.82 Å². The van der Waals surface area contributed by atoms with Crippen LogP contribution in [-0.4, -0.2) is 11.5 Å². The topological polar surface area (TPSA) is 24.9 Å². The Morgan fingerprint density at radius 2 is 2.25 bits per heavy atom. The number of allylic oxidation sites excluding steroid dienone is 1. The summed E-state index contributed by atoms with van der Waals surface area (Å²) in [5.74, 6) is 0.997. The van der Waals surface area contributed by atoms with Crippen molar-refractivity contribution in [2.24, 2.45) is 0 Å². The lowest BCUT2D eigenvalue weighted by atomic mass is 9.97. The average Bonchev–Trinajstić information content (AvgIpc) is 2.30. The van der Waals surface area contributed by atoms with E-state index in [0.717, 1.165) is 24.5 Å². The van der Waals surface area contributed by atoms with Gasteiger partial charge in [-0.1, -0.05) is 17.7 Å². The quantitative estimate of drug-likeness (QED) is 0.776. The summed E-state index contributed by atoms with van der Waals surface area (Å²) in [6.45, 7) is 3.02. The number of anilines is 1. The van der Waals surface area contributed by atoms with Gasteiger partial charge in [0.05, 0.1) is 0 Å². The van der Waals surface area contributed by atoms with Crippen LogP contribution in [-0.2, 0) is 0 Å². The minimum atomic E-state index is 0.997. The molecule has 86 valence electrons. The van der Waals surface area contributed by atoms with E-state index >= 15 is 0 Å². The van der Waals surface area contributed by atoms with E-state index in [2.05, 4.69) is 16.4 Å². The van der Waals surface area contributed by atoms with Gasteiger partial charge in [0.2, 0.25) is 0 Å². The van der Waals surface area contributed by atoms with Crippen LogP contribution in [0.4, 0.5) is 5.82 Å². The molecule has 0 amide bonds. The van der Waals surface area contributed by atoms with E-state index in [-0.39, 0.29) is 0 Å². The number of rotatable bonds is 4. The zero-order chi connectivity index (χ0) is 11.2. The van der Waals surface area contributed by atoms with Crippen molar-refractivity contribution in [1.29, 1.82) is 0 Å². The van der Waals surface area contributed by atoms with Gasteiger partial charge < -0.3 is 5.32 Å². The lowest BCUT2D eigenvalue weighted by molar-refractivity contribution is 0.679. The third kappa shape index (κ3) is 3.37. The predicted octanol–water partition coefficient (Wildman–Crippen LogP) is 3.69. The van der Waals surface area contributed by atoms with Crippen LogP contribution < -0.4 is 5.32 Å². The number of hydrogen-bond donors (Lipinski definition) is 1. The molecule has 16 heavy (non-hydrogen) atoms. The monoisotopic (exact) mass is 216 g/mol. The Hall–Kier alpha value is -1.31.